The Hall–Kier alpha value is -4.08. The summed E-state index contributed by atoms with van der Waals surface area (Å²) < 4.78 is 6.37. The van der Waals surface area contributed by atoms with E-state index in [1.807, 2.05) is 26.0 Å². The molecule has 0 saturated carbocycles. The zero-order valence-electron chi connectivity index (χ0n) is 20.0. The van der Waals surface area contributed by atoms with Crippen LogP contribution in [0.2, 0.25) is 0 Å². The lowest BCUT2D eigenvalue weighted by Crippen LogP contribution is -2.52. The van der Waals surface area contributed by atoms with Crippen LogP contribution in [0, 0.1) is 24.0 Å². The van der Waals surface area contributed by atoms with Gasteiger partial charge in [-0.3, -0.25) is 34.2 Å². The Morgan fingerprint density at radius 2 is 1.81 bits per heavy atom. The topological polar surface area (TPSA) is 127 Å². The van der Waals surface area contributed by atoms with Gasteiger partial charge < -0.3 is 9.64 Å². The Morgan fingerprint density at radius 1 is 1.08 bits per heavy atom. The van der Waals surface area contributed by atoms with Crippen molar-refractivity contribution in [3.8, 4) is 5.75 Å². The molecule has 3 aliphatic heterocycles. The van der Waals surface area contributed by atoms with Crippen molar-refractivity contribution in [2.75, 3.05) is 19.6 Å². The number of carbonyl (C=O) groups is 4. The number of amides is 3. The highest BCUT2D eigenvalue weighted by Crippen LogP contribution is 2.41. The second-order valence-electron chi connectivity index (χ2n) is 9.69. The molecule has 1 saturated heterocycles. The molecule has 0 radical (unpaired) electrons. The summed E-state index contributed by atoms with van der Waals surface area (Å²) in [4.78, 5) is 64.3. The van der Waals surface area contributed by atoms with E-state index in [0.717, 1.165) is 16.0 Å². The number of ketones is 1. The molecule has 3 amide bonds. The number of carbonyl (C=O) groups excluding carboxylic acids is 4. The van der Waals surface area contributed by atoms with Crippen LogP contribution < -0.4 is 4.74 Å². The average Bonchev–Trinajstić information content (AvgIpc) is 3.08. The lowest BCUT2D eigenvalue weighted by atomic mass is 9.81. The van der Waals surface area contributed by atoms with Crippen molar-refractivity contribution >= 4 is 29.2 Å². The van der Waals surface area contributed by atoms with E-state index in [4.69, 9.17) is 4.74 Å². The second kappa shape index (κ2) is 8.54. The predicted octanol–water partition coefficient (Wildman–Crippen LogP) is 3.22. The van der Waals surface area contributed by atoms with E-state index < -0.39 is 28.0 Å². The molecule has 2 aromatic rings. The first-order valence-electron chi connectivity index (χ1n) is 11.8. The van der Waals surface area contributed by atoms with Crippen LogP contribution >= 0.6 is 0 Å². The van der Waals surface area contributed by atoms with Crippen molar-refractivity contribution in [2.45, 2.75) is 45.1 Å². The minimum Gasteiger partial charge on any atom is -0.486 e. The van der Waals surface area contributed by atoms with Gasteiger partial charge in [0.1, 0.15) is 16.9 Å². The number of hydrogen-bond donors (Lipinski definition) is 0. The first kappa shape index (κ1) is 23.7. The molecule has 0 atom stereocenters. The van der Waals surface area contributed by atoms with E-state index in [2.05, 4.69) is 0 Å². The van der Waals surface area contributed by atoms with Gasteiger partial charge in [0, 0.05) is 45.0 Å². The number of piperidine rings is 1. The number of nitro benzene ring substituents is 1. The van der Waals surface area contributed by atoms with Crippen LogP contribution in [0.4, 0.5) is 5.69 Å². The van der Waals surface area contributed by atoms with Crippen LogP contribution in [-0.4, -0.2) is 63.5 Å². The molecule has 1 fully saturated rings. The number of imide groups is 1. The van der Waals surface area contributed by atoms with E-state index in [9.17, 15) is 29.3 Å². The van der Waals surface area contributed by atoms with Crippen molar-refractivity contribution in [3.05, 3.63) is 68.3 Å². The van der Waals surface area contributed by atoms with Gasteiger partial charge in [0.25, 0.3) is 17.5 Å². The summed E-state index contributed by atoms with van der Waals surface area (Å²) in [5.74, 6) is -0.960. The molecule has 0 N–H and O–H groups in total. The maximum atomic E-state index is 12.9. The van der Waals surface area contributed by atoms with E-state index in [1.165, 1.54) is 18.2 Å². The maximum Gasteiger partial charge on any atom is 0.282 e. The maximum absolute atomic E-state index is 12.9. The number of nitrogens with zero attached hydrogens (tertiary/aromatic N) is 3. The fourth-order valence-corrected chi connectivity index (χ4v) is 5.42. The molecule has 0 bridgehead atoms. The minimum atomic E-state index is -0.758. The summed E-state index contributed by atoms with van der Waals surface area (Å²) in [7, 11) is 0. The highest BCUT2D eigenvalue weighted by atomic mass is 16.6. The molecule has 3 aliphatic rings. The van der Waals surface area contributed by atoms with Crippen LogP contribution in [0.1, 0.15) is 67.9 Å². The molecule has 10 nitrogen and oxygen atoms in total. The molecule has 5 rings (SSSR count). The van der Waals surface area contributed by atoms with Gasteiger partial charge in [-0.25, -0.2) is 0 Å². The number of likely N-dealkylation sites (tertiary alicyclic amines) is 1. The minimum absolute atomic E-state index is 0.0218. The molecular weight excluding hydrogens is 466 g/mol. The van der Waals surface area contributed by atoms with Crippen LogP contribution in [0.3, 0.4) is 0 Å². The normalized spacial score (nSPS) is 18.2. The Kier molecular flexibility index (Phi) is 5.61. The summed E-state index contributed by atoms with van der Waals surface area (Å²) in [6, 6.07) is 7.75. The van der Waals surface area contributed by atoms with E-state index in [1.54, 1.807) is 4.90 Å². The van der Waals surface area contributed by atoms with Gasteiger partial charge in [-0.2, -0.15) is 0 Å². The van der Waals surface area contributed by atoms with Crippen molar-refractivity contribution in [2.24, 2.45) is 0 Å². The number of rotatable bonds is 4. The number of benzene rings is 2. The molecule has 36 heavy (non-hydrogen) atoms. The van der Waals surface area contributed by atoms with Gasteiger partial charge in [-0.15, -0.1) is 0 Å². The molecule has 0 aromatic heterocycles. The number of hydrogen-bond acceptors (Lipinski definition) is 7. The first-order valence-corrected chi connectivity index (χ1v) is 11.8. The lowest BCUT2D eigenvalue weighted by molar-refractivity contribution is -0.385. The summed E-state index contributed by atoms with van der Waals surface area (Å²) in [6.07, 6.45) is 1.17. The van der Waals surface area contributed by atoms with Gasteiger partial charge >= 0.3 is 0 Å². The fourth-order valence-electron chi connectivity index (χ4n) is 5.42. The van der Waals surface area contributed by atoms with Crippen LogP contribution in [0.25, 0.3) is 0 Å². The average molecular weight is 492 g/mol. The van der Waals surface area contributed by atoms with Gasteiger partial charge in [-0.05, 0) is 37.1 Å². The van der Waals surface area contributed by atoms with Crippen molar-refractivity contribution in [1.29, 1.82) is 0 Å². The first-order chi connectivity index (χ1) is 17.1. The van der Waals surface area contributed by atoms with Crippen molar-refractivity contribution < 1.29 is 28.8 Å². The molecule has 186 valence electrons. The molecule has 10 heteroatoms. The predicted molar refractivity (Wildman–Crippen MR) is 127 cm³/mol. The summed E-state index contributed by atoms with van der Waals surface area (Å²) in [6.45, 7) is 4.48. The summed E-state index contributed by atoms with van der Waals surface area (Å²) in [5.41, 5.74) is 1.20. The molecule has 0 aliphatic carbocycles. The number of aryl methyl sites for hydroxylation is 2. The summed E-state index contributed by atoms with van der Waals surface area (Å²) in [5, 5.41) is 11.3. The number of ether oxygens (including phenoxy) is 1. The van der Waals surface area contributed by atoms with E-state index >= 15 is 0 Å². The Bertz CT molecular complexity index is 1340. The second-order valence-corrected chi connectivity index (χ2v) is 9.69. The third kappa shape index (κ3) is 3.82. The Balaban J connectivity index is 1.22. The third-order valence-electron chi connectivity index (χ3n) is 7.27. The Labute approximate surface area is 207 Å². The number of fused-ring (bicyclic) bond motifs is 2. The fraction of sp³-hybridized carbons (Fsp3) is 0.385. The van der Waals surface area contributed by atoms with Crippen molar-refractivity contribution in [1.82, 2.24) is 9.80 Å². The van der Waals surface area contributed by atoms with E-state index in [-0.39, 0.29) is 42.2 Å². The monoisotopic (exact) mass is 491 g/mol. The summed E-state index contributed by atoms with van der Waals surface area (Å²) >= 11 is 0. The highest BCUT2D eigenvalue weighted by Gasteiger charge is 2.45. The third-order valence-corrected chi connectivity index (χ3v) is 7.27. The van der Waals surface area contributed by atoms with Gasteiger partial charge in [-0.1, -0.05) is 12.1 Å². The molecular formula is C26H25N3O7. The van der Waals surface area contributed by atoms with E-state index in [0.29, 0.717) is 37.2 Å². The zero-order chi connectivity index (χ0) is 25.8. The zero-order valence-corrected chi connectivity index (χ0v) is 20.0. The van der Waals surface area contributed by atoms with Crippen LogP contribution in [0.15, 0.2) is 30.3 Å². The SMILES string of the molecule is Cc1cc(C)c2c(c1)C(=O)CC1(CCN(C(=O)CCN3C(=O)c4cccc([N+](=O)[O-])c4C3=O)CC1)O2. The Morgan fingerprint density at radius 3 is 2.50 bits per heavy atom. The highest BCUT2D eigenvalue weighted by molar-refractivity contribution is 6.23. The molecule has 0 unspecified atom stereocenters. The largest absolute Gasteiger partial charge is 0.486 e. The van der Waals surface area contributed by atoms with Crippen molar-refractivity contribution in [3.63, 3.8) is 0 Å². The molecule has 3 heterocycles. The van der Waals surface area contributed by atoms with Gasteiger partial charge in [0.2, 0.25) is 5.91 Å². The number of nitro groups is 1. The van der Waals surface area contributed by atoms with Crippen LogP contribution in [0.5, 0.6) is 5.75 Å². The van der Waals surface area contributed by atoms with Gasteiger partial charge in [0.05, 0.1) is 22.5 Å². The van der Waals surface area contributed by atoms with Gasteiger partial charge in [0.15, 0.2) is 5.78 Å². The standard InChI is InChI=1S/C26H25N3O7/c1-15-12-16(2)23-18(13-15)20(30)14-26(36-23)7-10-27(11-8-26)21(31)6-9-28-24(32)17-4-3-5-19(29(34)35)22(17)25(28)33/h3-5,12-13H,6-11,14H2,1-2H3. The molecule has 2 aromatic carbocycles. The molecule has 1 spiro atoms. The van der Waals surface area contributed by atoms with Crippen LogP contribution in [-0.2, 0) is 4.79 Å². The lowest BCUT2D eigenvalue weighted by Gasteiger charge is -2.44. The number of Topliss-reactive ketones (excluding diaryl/α,β-unsaturated/α-hetero) is 1. The smallest absolute Gasteiger partial charge is 0.282 e. The quantitative estimate of drug-likeness (QED) is 0.365.